The Morgan fingerprint density at radius 3 is 2.65 bits per heavy atom. The van der Waals surface area contributed by atoms with Crippen LogP contribution in [0.4, 0.5) is 0 Å². The molecule has 23 heavy (non-hydrogen) atoms. The first kappa shape index (κ1) is 16.8. The number of rotatable bonds is 5. The van der Waals surface area contributed by atoms with Crippen molar-refractivity contribution in [1.29, 1.82) is 0 Å². The van der Waals surface area contributed by atoms with Gasteiger partial charge in [-0.1, -0.05) is 57.2 Å². The average Bonchev–Trinajstić information content (AvgIpc) is 2.86. The zero-order chi connectivity index (χ0) is 16.5. The van der Waals surface area contributed by atoms with Crippen molar-refractivity contribution < 1.29 is 4.74 Å². The largest absolute Gasteiger partial charge is 0.380 e. The van der Waals surface area contributed by atoms with Crippen LogP contribution in [0.15, 0.2) is 40.8 Å². The van der Waals surface area contributed by atoms with Gasteiger partial charge in [-0.2, -0.15) is 0 Å². The molecule has 2 aliphatic rings. The molecule has 4 atom stereocenters. The van der Waals surface area contributed by atoms with Gasteiger partial charge in [0, 0.05) is 18.7 Å². The minimum atomic E-state index is 0.277. The van der Waals surface area contributed by atoms with E-state index in [9.17, 15) is 0 Å². The van der Waals surface area contributed by atoms with Crippen molar-refractivity contribution in [3.63, 3.8) is 0 Å². The van der Waals surface area contributed by atoms with Crippen molar-refractivity contribution in [2.45, 2.75) is 45.0 Å². The van der Waals surface area contributed by atoms with Crippen LogP contribution < -0.4 is 0 Å². The molecule has 0 amide bonds. The Labute approximate surface area is 144 Å². The van der Waals surface area contributed by atoms with Crippen LogP contribution in [0.3, 0.4) is 0 Å². The van der Waals surface area contributed by atoms with Crippen molar-refractivity contribution in [2.75, 3.05) is 7.11 Å². The highest BCUT2D eigenvalue weighted by molar-refractivity contribution is 7.98. The first-order chi connectivity index (χ1) is 11.0. The number of benzene rings is 1. The van der Waals surface area contributed by atoms with Crippen molar-refractivity contribution in [1.82, 2.24) is 0 Å². The molecule has 0 N–H and O–H groups in total. The van der Waals surface area contributed by atoms with Crippen LogP contribution in [0.5, 0.6) is 0 Å². The van der Waals surface area contributed by atoms with E-state index in [4.69, 9.17) is 4.74 Å². The Kier molecular flexibility index (Phi) is 4.70. The number of fused-ring (bicyclic) bond motifs is 2. The summed E-state index contributed by atoms with van der Waals surface area (Å²) in [6, 6.07) is 10.3. The second kappa shape index (κ2) is 6.45. The summed E-state index contributed by atoms with van der Waals surface area (Å²) in [6.07, 6.45) is 8.89. The predicted octanol–water partition coefficient (Wildman–Crippen LogP) is 5.26. The predicted molar refractivity (Wildman–Crippen MR) is 101 cm³/mol. The molecule has 2 fully saturated rings. The highest BCUT2D eigenvalue weighted by Gasteiger charge is 2.66. The molecule has 1 aromatic rings. The second-order valence-corrected chi connectivity index (χ2v) is 8.50. The van der Waals surface area contributed by atoms with Crippen LogP contribution in [0.25, 0.3) is 6.08 Å². The molecule has 0 heterocycles. The Morgan fingerprint density at radius 2 is 1.96 bits per heavy atom. The lowest BCUT2D eigenvalue weighted by Gasteiger charge is -2.38. The first-order valence-electron chi connectivity index (χ1n) is 8.44. The van der Waals surface area contributed by atoms with E-state index in [1.54, 1.807) is 11.9 Å². The van der Waals surface area contributed by atoms with Crippen LogP contribution in [-0.4, -0.2) is 24.7 Å². The standard InChI is InChI=1S/C20H27NOS/c1-19(2)16-12-13-20(19,3)18(22-4)17(16)23-21-14-8-11-15-9-6-5-7-10-15/h5-11,14,16-18H,12-13H2,1-4H3/b11-8+,21-14+/t16-,17-,18-,20+/m1/s1. The van der Waals surface area contributed by atoms with Crippen molar-refractivity contribution in [3.8, 4) is 0 Å². The summed E-state index contributed by atoms with van der Waals surface area (Å²) in [5.74, 6) is 0.692. The Bertz CT molecular complexity index is 595. The number of hydrogen-bond acceptors (Lipinski definition) is 3. The van der Waals surface area contributed by atoms with Gasteiger partial charge in [-0.3, -0.25) is 0 Å². The molecular formula is C20H27NOS. The fourth-order valence-corrected chi connectivity index (χ4v) is 6.03. The van der Waals surface area contributed by atoms with Crippen LogP contribution in [0.2, 0.25) is 0 Å². The van der Waals surface area contributed by atoms with Gasteiger partial charge in [0.1, 0.15) is 0 Å². The third kappa shape index (κ3) is 2.78. The Hall–Kier alpha value is -1.06. The van der Waals surface area contributed by atoms with Gasteiger partial charge < -0.3 is 4.74 Å². The molecular weight excluding hydrogens is 302 g/mol. The molecule has 124 valence electrons. The molecule has 0 radical (unpaired) electrons. The highest BCUT2D eigenvalue weighted by atomic mass is 32.2. The SMILES string of the molecule is CO[C@@H]1[C@H](S/N=C/C=C/c2ccccc2)[C@H]2CC[C@]1(C)C2(C)C. The van der Waals surface area contributed by atoms with E-state index < -0.39 is 0 Å². The fourth-order valence-electron chi connectivity index (χ4n) is 4.60. The van der Waals surface area contributed by atoms with Gasteiger partial charge in [-0.15, -0.1) is 0 Å². The molecule has 0 spiro atoms. The summed E-state index contributed by atoms with van der Waals surface area (Å²) < 4.78 is 10.5. The number of nitrogens with zero attached hydrogens (tertiary/aromatic N) is 1. The average molecular weight is 330 g/mol. The van der Waals surface area contributed by atoms with Crippen molar-refractivity contribution >= 4 is 24.2 Å². The maximum Gasteiger partial charge on any atom is 0.0769 e. The van der Waals surface area contributed by atoms with Crippen LogP contribution in [0, 0.1) is 16.7 Å². The van der Waals surface area contributed by atoms with E-state index in [1.807, 2.05) is 37.6 Å². The number of ether oxygens (including phenoxy) is 1. The van der Waals surface area contributed by atoms with Crippen LogP contribution >= 0.6 is 11.9 Å². The molecule has 2 saturated carbocycles. The van der Waals surface area contributed by atoms with Gasteiger partial charge in [0.05, 0.1) is 11.4 Å². The van der Waals surface area contributed by atoms with E-state index in [1.165, 1.54) is 18.4 Å². The fraction of sp³-hybridized carbons (Fsp3) is 0.550. The summed E-state index contributed by atoms with van der Waals surface area (Å²) >= 11 is 1.71. The van der Waals surface area contributed by atoms with E-state index in [0.717, 1.165) is 0 Å². The summed E-state index contributed by atoms with van der Waals surface area (Å²) in [4.78, 5) is 0. The third-order valence-corrected chi connectivity index (χ3v) is 7.43. The summed E-state index contributed by atoms with van der Waals surface area (Å²) in [5, 5.41) is 0.468. The molecule has 0 aliphatic heterocycles. The van der Waals surface area contributed by atoms with Gasteiger partial charge in [-0.25, -0.2) is 4.40 Å². The number of allylic oxidation sites excluding steroid dienone is 1. The molecule has 0 saturated heterocycles. The topological polar surface area (TPSA) is 21.6 Å². The third-order valence-electron chi connectivity index (χ3n) is 6.37. The molecule has 0 unspecified atom stereocenters. The lowest BCUT2D eigenvalue weighted by atomic mass is 9.70. The molecule has 2 bridgehead atoms. The molecule has 0 aromatic heterocycles. The Balaban J connectivity index is 1.64. The number of methoxy groups -OCH3 is 1. The van der Waals surface area contributed by atoms with Crippen molar-refractivity contribution in [3.05, 3.63) is 42.0 Å². The molecule has 2 aliphatic carbocycles. The van der Waals surface area contributed by atoms with Crippen LogP contribution in [0.1, 0.15) is 39.2 Å². The maximum atomic E-state index is 5.91. The van der Waals surface area contributed by atoms with Crippen LogP contribution in [-0.2, 0) is 4.74 Å². The first-order valence-corrected chi connectivity index (χ1v) is 9.28. The van der Waals surface area contributed by atoms with E-state index in [-0.39, 0.29) is 5.41 Å². The van der Waals surface area contributed by atoms with Crippen molar-refractivity contribution in [2.24, 2.45) is 21.1 Å². The van der Waals surface area contributed by atoms with Gasteiger partial charge in [0.15, 0.2) is 0 Å². The zero-order valence-electron chi connectivity index (χ0n) is 14.5. The summed E-state index contributed by atoms with van der Waals surface area (Å²) in [7, 11) is 1.86. The monoisotopic (exact) mass is 329 g/mol. The molecule has 3 rings (SSSR count). The molecule has 1 aromatic carbocycles. The lowest BCUT2D eigenvalue weighted by Crippen LogP contribution is -2.39. The van der Waals surface area contributed by atoms with E-state index in [0.29, 0.717) is 22.7 Å². The molecule has 3 heteroatoms. The van der Waals surface area contributed by atoms with Gasteiger partial charge >= 0.3 is 0 Å². The quantitative estimate of drug-likeness (QED) is 0.543. The van der Waals surface area contributed by atoms with Gasteiger partial charge in [0.25, 0.3) is 0 Å². The Morgan fingerprint density at radius 1 is 1.22 bits per heavy atom. The summed E-state index contributed by atoms with van der Waals surface area (Å²) in [6.45, 7) is 7.23. The van der Waals surface area contributed by atoms with E-state index in [2.05, 4.69) is 43.4 Å². The minimum absolute atomic E-state index is 0.277. The normalized spacial score (nSPS) is 35.6. The van der Waals surface area contributed by atoms with E-state index >= 15 is 0 Å². The second-order valence-electron chi connectivity index (χ2n) is 7.53. The van der Waals surface area contributed by atoms with Gasteiger partial charge in [-0.05, 0) is 47.8 Å². The number of hydrogen-bond donors (Lipinski definition) is 0. The molecule has 2 nitrogen and oxygen atoms in total. The zero-order valence-corrected chi connectivity index (χ0v) is 15.3. The highest BCUT2D eigenvalue weighted by Crippen LogP contribution is 2.68. The lowest BCUT2D eigenvalue weighted by molar-refractivity contribution is -0.0176. The summed E-state index contributed by atoms with van der Waals surface area (Å²) in [5.41, 5.74) is 1.81. The van der Waals surface area contributed by atoms with Gasteiger partial charge in [0.2, 0.25) is 0 Å². The maximum absolute atomic E-state index is 5.91. The minimum Gasteiger partial charge on any atom is -0.380 e. The smallest absolute Gasteiger partial charge is 0.0769 e.